The van der Waals surface area contributed by atoms with Crippen LogP contribution < -0.4 is 10.6 Å². The molecule has 10 heteroatoms. The van der Waals surface area contributed by atoms with Crippen LogP contribution in [-0.2, 0) is 9.47 Å². The Labute approximate surface area is 179 Å². The van der Waals surface area contributed by atoms with Gasteiger partial charge in [0.2, 0.25) is 0 Å². The highest BCUT2D eigenvalue weighted by atomic mass is 32.1. The van der Waals surface area contributed by atoms with E-state index in [0.29, 0.717) is 11.4 Å². The minimum Gasteiger partial charge on any atom is -0.465 e. The second-order valence-electron chi connectivity index (χ2n) is 5.80. The van der Waals surface area contributed by atoms with Crippen LogP contribution in [0.3, 0.4) is 0 Å². The van der Waals surface area contributed by atoms with Crippen LogP contribution in [0.25, 0.3) is 0 Å². The van der Waals surface area contributed by atoms with Crippen LogP contribution >= 0.6 is 22.7 Å². The van der Waals surface area contributed by atoms with Crippen molar-refractivity contribution >= 4 is 57.8 Å². The Balaban J connectivity index is 1.76. The lowest BCUT2D eigenvalue weighted by molar-refractivity contribution is 0.0598. The fraction of sp³-hybridized carbons (Fsp3) is 0.100. The summed E-state index contributed by atoms with van der Waals surface area (Å²) in [7, 11) is 2.52. The highest BCUT2D eigenvalue weighted by molar-refractivity contribution is 7.13. The van der Waals surface area contributed by atoms with Gasteiger partial charge in [0.1, 0.15) is 9.75 Å². The van der Waals surface area contributed by atoms with Gasteiger partial charge in [0, 0.05) is 11.1 Å². The quantitative estimate of drug-likeness (QED) is 0.558. The minimum absolute atomic E-state index is 0.225. The number of rotatable bonds is 6. The number of amides is 2. The van der Waals surface area contributed by atoms with Gasteiger partial charge in [0.25, 0.3) is 11.8 Å². The van der Waals surface area contributed by atoms with Gasteiger partial charge >= 0.3 is 11.9 Å². The SMILES string of the molecule is COC(=O)c1sccc1NC(=O)c1cccc(C(=O)Nc2ccsc2C(=O)OC)c1. The summed E-state index contributed by atoms with van der Waals surface area (Å²) in [6, 6.07) is 9.25. The lowest BCUT2D eigenvalue weighted by Crippen LogP contribution is -2.17. The third-order valence-corrected chi connectivity index (χ3v) is 5.74. The molecule has 2 heterocycles. The van der Waals surface area contributed by atoms with E-state index in [-0.39, 0.29) is 20.9 Å². The number of thiophene rings is 2. The van der Waals surface area contributed by atoms with Crippen molar-refractivity contribution in [3.63, 3.8) is 0 Å². The van der Waals surface area contributed by atoms with Crippen molar-refractivity contribution in [1.29, 1.82) is 0 Å². The predicted octanol–water partition coefficient (Wildman–Crippen LogP) is 3.89. The maximum atomic E-state index is 12.6. The van der Waals surface area contributed by atoms with Crippen molar-refractivity contribution < 1.29 is 28.7 Å². The van der Waals surface area contributed by atoms with Gasteiger partial charge in [-0.2, -0.15) is 0 Å². The maximum Gasteiger partial charge on any atom is 0.350 e. The Morgan fingerprint density at radius 2 is 1.17 bits per heavy atom. The van der Waals surface area contributed by atoms with Gasteiger partial charge in [-0.05, 0) is 41.1 Å². The highest BCUT2D eigenvalue weighted by Gasteiger charge is 2.19. The molecule has 0 saturated carbocycles. The molecule has 2 aromatic heterocycles. The molecule has 0 bridgehead atoms. The number of anilines is 2. The average molecular weight is 444 g/mol. The first-order chi connectivity index (χ1) is 14.4. The number of nitrogens with one attached hydrogen (secondary N) is 2. The molecule has 0 unspecified atom stereocenters. The molecule has 0 fully saturated rings. The summed E-state index contributed by atoms with van der Waals surface area (Å²) in [5.74, 6) is -2.07. The molecule has 3 aromatic rings. The highest BCUT2D eigenvalue weighted by Crippen LogP contribution is 2.25. The molecule has 0 atom stereocenters. The van der Waals surface area contributed by atoms with Gasteiger partial charge < -0.3 is 20.1 Å². The third-order valence-electron chi connectivity index (χ3n) is 3.96. The largest absolute Gasteiger partial charge is 0.465 e. The summed E-state index contributed by atoms with van der Waals surface area (Å²) in [5.41, 5.74) is 1.10. The van der Waals surface area contributed by atoms with Crippen LogP contribution in [0.1, 0.15) is 40.1 Å². The number of hydrogen-bond donors (Lipinski definition) is 2. The standard InChI is InChI=1S/C20H16N2O6S2/c1-27-19(25)15-13(6-8-29-15)21-17(23)11-4-3-5-12(10-11)18(24)22-14-7-9-30-16(14)20(26)28-2/h3-10H,1-2H3,(H,21,23)(H,22,24). The molecule has 1 aromatic carbocycles. The van der Waals surface area contributed by atoms with Crippen LogP contribution in [0.15, 0.2) is 47.2 Å². The van der Waals surface area contributed by atoms with Gasteiger partial charge in [-0.15, -0.1) is 22.7 Å². The zero-order valence-corrected chi connectivity index (χ0v) is 17.5. The van der Waals surface area contributed by atoms with Gasteiger partial charge in [0.05, 0.1) is 25.6 Å². The molecule has 0 aliphatic rings. The number of carbonyl (C=O) groups is 4. The number of methoxy groups -OCH3 is 2. The number of hydrogen-bond acceptors (Lipinski definition) is 8. The summed E-state index contributed by atoms with van der Waals surface area (Å²) in [4.78, 5) is 49.3. The second-order valence-corrected chi connectivity index (χ2v) is 7.63. The van der Waals surface area contributed by atoms with Crippen LogP contribution in [-0.4, -0.2) is 38.0 Å². The lowest BCUT2D eigenvalue weighted by atomic mass is 10.1. The fourth-order valence-corrected chi connectivity index (χ4v) is 4.04. The van der Waals surface area contributed by atoms with Gasteiger partial charge in [-0.25, -0.2) is 9.59 Å². The lowest BCUT2D eigenvalue weighted by Gasteiger charge is -2.08. The maximum absolute atomic E-state index is 12.6. The summed E-state index contributed by atoms with van der Waals surface area (Å²) in [6.45, 7) is 0. The molecule has 0 aliphatic carbocycles. The summed E-state index contributed by atoms with van der Waals surface area (Å²) >= 11 is 2.29. The van der Waals surface area contributed by atoms with E-state index >= 15 is 0 Å². The van der Waals surface area contributed by atoms with Crippen molar-refractivity contribution in [3.05, 3.63) is 68.0 Å². The first kappa shape index (κ1) is 21.2. The first-order valence-electron chi connectivity index (χ1n) is 8.49. The molecule has 3 rings (SSSR count). The van der Waals surface area contributed by atoms with Crippen molar-refractivity contribution in [2.24, 2.45) is 0 Å². The van der Waals surface area contributed by atoms with Crippen LogP contribution in [0.2, 0.25) is 0 Å². The second kappa shape index (κ2) is 9.33. The van der Waals surface area contributed by atoms with Crippen LogP contribution in [0.5, 0.6) is 0 Å². The molecule has 2 N–H and O–H groups in total. The van der Waals surface area contributed by atoms with Gasteiger partial charge in [-0.1, -0.05) is 6.07 Å². The Hall–Kier alpha value is -3.50. The normalized spacial score (nSPS) is 10.2. The Bertz CT molecular complexity index is 1030. The molecule has 0 radical (unpaired) electrons. The smallest absolute Gasteiger partial charge is 0.350 e. The van der Waals surface area contributed by atoms with E-state index in [1.807, 2.05) is 0 Å². The molecule has 154 valence electrons. The summed E-state index contributed by atoms with van der Waals surface area (Å²) in [6.07, 6.45) is 0. The van der Waals surface area contributed by atoms with E-state index in [9.17, 15) is 19.2 Å². The van der Waals surface area contributed by atoms with E-state index in [4.69, 9.17) is 9.47 Å². The monoisotopic (exact) mass is 444 g/mol. The van der Waals surface area contributed by atoms with Crippen molar-refractivity contribution in [1.82, 2.24) is 0 Å². The predicted molar refractivity (Wildman–Crippen MR) is 114 cm³/mol. The first-order valence-corrected chi connectivity index (χ1v) is 10.2. The van der Waals surface area contributed by atoms with E-state index in [0.717, 1.165) is 22.7 Å². The van der Waals surface area contributed by atoms with E-state index in [1.54, 1.807) is 41.1 Å². The molecular weight excluding hydrogens is 428 g/mol. The summed E-state index contributed by atoms with van der Waals surface area (Å²) < 4.78 is 9.39. The van der Waals surface area contributed by atoms with Crippen LogP contribution in [0, 0.1) is 0 Å². The van der Waals surface area contributed by atoms with Gasteiger partial charge in [0.15, 0.2) is 0 Å². The topological polar surface area (TPSA) is 111 Å². The van der Waals surface area contributed by atoms with Crippen LogP contribution in [0.4, 0.5) is 11.4 Å². The Kier molecular flexibility index (Phi) is 6.60. The fourth-order valence-electron chi connectivity index (χ4n) is 2.51. The molecule has 30 heavy (non-hydrogen) atoms. The van der Waals surface area contributed by atoms with Crippen molar-refractivity contribution in [2.75, 3.05) is 24.9 Å². The van der Waals surface area contributed by atoms with Crippen molar-refractivity contribution in [3.8, 4) is 0 Å². The van der Waals surface area contributed by atoms with E-state index in [2.05, 4.69) is 10.6 Å². The average Bonchev–Trinajstić information content (AvgIpc) is 3.42. The number of benzene rings is 1. The van der Waals surface area contributed by atoms with E-state index < -0.39 is 23.8 Å². The molecule has 0 aliphatic heterocycles. The molecule has 8 nitrogen and oxygen atoms in total. The zero-order valence-electron chi connectivity index (χ0n) is 15.9. The number of ether oxygens (including phenoxy) is 2. The number of carbonyl (C=O) groups excluding carboxylic acids is 4. The molecule has 0 spiro atoms. The van der Waals surface area contributed by atoms with Crippen molar-refractivity contribution in [2.45, 2.75) is 0 Å². The summed E-state index contributed by atoms with van der Waals surface area (Å²) in [5, 5.41) is 8.61. The minimum atomic E-state index is -0.550. The zero-order chi connectivity index (χ0) is 21.7. The molecular formula is C20H16N2O6S2. The number of esters is 2. The third kappa shape index (κ3) is 4.56. The van der Waals surface area contributed by atoms with Gasteiger partial charge in [-0.3, -0.25) is 9.59 Å². The van der Waals surface area contributed by atoms with E-state index in [1.165, 1.54) is 20.3 Å². The molecule has 2 amide bonds. The molecule has 0 saturated heterocycles. The Morgan fingerprint density at radius 1 is 0.733 bits per heavy atom. The Morgan fingerprint density at radius 3 is 1.57 bits per heavy atom.